The fraction of sp³-hybridized carbons (Fsp3) is 0.385. The Bertz CT molecular complexity index is 216. The van der Waals surface area contributed by atoms with E-state index in [1.165, 1.54) is 19.3 Å². The van der Waals surface area contributed by atoms with Gasteiger partial charge in [0, 0.05) is 0 Å². The first-order valence-electron chi connectivity index (χ1n) is 5.12. The molecule has 0 nitrogen and oxygen atoms in total. The van der Waals surface area contributed by atoms with Crippen LogP contribution in [0, 0.1) is 0 Å². The zero-order chi connectivity index (χ0) is 9.19. The summed E-state index contributed by atoms with van der Waals surface area (Å²) in [4.78, 5) is 0. The summed E-state index contributed by atoms with van der Waals surface area (Å²) < 4.78 is 0. The molecule has 0 saturated heterocycles. The van der Waals surface area contributed by atoms with Gasteiger partial charge in [-0.2, -0.15) is 0 Å². The molecule has 0 N–H and O–H groups in total. The molecule has 0 amide bonds. The number of hydrogen-bond donors (Lipinski definition) is 0. The second kappa shape index (κ2) is 7.60. The van der Waals surface area contributed by atoms with E-state index in [1.54, 1.807) is 0 Å². The van der Waals surface area contributed by atoms with Crippen molar-refractivity contribution in [2.24, 2.45) is 0 Å². The third-order valence-electron chi connectivity index (χ3n) is 1.99. The molecule has 70 valence electrons. The Balaban J connectivity index is 2.38. The molecule has 0 radical (unpaired) electrons. The third kappa shape index (κ3) is 6.15. The zero-order valence-corrected chi connectivity index (χ0v) is 8.15. The van der Waals surface area contributed by atoms with Crippen LogP contribution in [-0.4, -0.2) is 0 Å². The number of rotatable bonds is 0. The molecule has 0 heteroatoms. The topological polar surface area (TPSA) is 0 Å². The van der Waals surface area contributed by atoms with Gasteiger partial charge < -0.3 is 0 Å². The molecule has 0 bridgehead atoms. The third-order valence-corrected chi connectivity index (χ3v) is 1.99. The van der Waals surface area contributed by atoms with Crippen molar-refractivity contribution < 1.29 is 0 Å². The molecule has 0 aromatic heterocycles. The summed E-state index contributed by atoms with van der Waals surface area (Å²) in [6.07, 6.45) is 23.5. The second-order valence-electron chi connectivity index (χ2n) is 3.19. The van der Waals surface area contributed by atoms with Crippen LogP contribution < -0.4 is 0 Å². The van der Waals surface area contributed by atoms with Crippen molar-refractivity contribution in [2.75, 3.05) is 0 Å². The molecule has 1 aliphatic carbocycles. The standard InChI is InChI=1S/C13H18/c1-2-4-6-8-10-12-13-11-9-7-5-3-1/h1-4,7,9-10,12H,5-6,8,11,13H2. The highest BCUT2D eigenvalue weighted by atomic mass is 13.9. The predicted octanol–water partition coefficient (Wildman–Crippen LogP) is 4.18. The highest BCUT2D eigenvalue weighted by Gasteiger charge is 1.79. The van der Waals surface area contributed by atoms with E-state index >= 15 is 0 Å². The van der Waals surface area contributed by atoms with Crippen molar-refractivity contribution >= 4 is 0 Å². The lowest BCUT2D eigenvalue weighted by Crippen LogP contribution is -1.66. The molecule has 13 heavy (non-hydrogen) atoms. The summed E-state index contributed by atoms with van der Waals surface area (Å²) in [5, 5.41) is 0. The van der Waals surface area contributed by atoms with Crippen LogP contribution in [0.5, 0.6) is 0 Å². The average molecular weight is 174 g/mol. The van der Waals surface area contributed by atoms with Gasteiger partial charge in [0.2, 0.25) is 0 Å². The van der Waals surface area contributed by atoms with Crippen LogP contribution in [-0.2, 0) is 0 Å². The largest absolute Gasteiger partial charge is 0.0882 e. The van der Waals surface area contributed by atoms with E-state index in [9.17, 15) is 0 Å². The van der Waals surface area contributed by atoms with Crippen LogP contribution in [0.2, 0.25) is 0 Å². The van der Waals surface area contributed by atoms with E-state index in [0.29, 0.717) is 0 Å². The van der Waals surface area contributed by atoms with Crippen LogP contribution >= 0.6 is 0 Å². The molecule has 0 aromatic rings. The molecule has 0 fully saturated rings. The second-order valence-corrected chi connectivity index (χ2v) is 3.19. The molecule has 0 aliphatic heterocycles. The lowest BCUT2D eigenvalue weighted by molar-refractivity contribution is 1.00. The Morgan fingerprint density at radius 3 is 1.77 bits per heavy atom. The lowest BCUT2D eigenvalue weighted by Gasteiger charge is -1.87. The highest BCUT2D eigenvalue weighted by Crippen LogP contribution is 2.00. The monoisotopic (exact) mass is 174 g/mol. The van der Waals surface area contributed by atoms with Gasteiger partial charge in [0.1, 0.15) is 0 Å². The van der Waals surface area contributed by atoms with Crippen LogP contribution in [0.1, 0.15) is 32.1 Å². The highest BCUT2D eigenvalue weighted by molar-refractivity contribution is 5.05. The molecule has 0 heterocycles. The Labute approximate surface area is 81.4 Å². The normalized spacial score (nSPS) is 19.1. The van der Waals surface area contributed by atoms with Crippen molar-refractivity contribution in [1.82, 2.24) is 0 Å². The Kier molecular flexibility index (Phi) is 5.87. The van der Waals surface area contributed by atoms with Gasteiger partial charge in [-0.05, 0) is 32.1 Å². The fourth-order valence-corrected chi connectivity index (χ4v) is 1.25. The van der Waals surface area contributed by atoms with Gasteiger partial charge in [0.15, 0.2) is 0 Å². The van der Waals surface area contributed by atoms with Gasteiger partial charge >= 0.3 is 0 Å². The Morgan fingerprint density at radius 2 is 1.00 bits per heavy atom. The van der Waals surface area contributed by atoms with Crippen molar-refractivity contribution in [1.29, 1.82) is 0 Å². The van der Waals surface area contributed by atoms with Crippen LogP contribution in [0.4, 0.5) is 0 Å². The Hall–Kier alpha value is -1.04. The summed E-state index contributed by atoms with van der Waals surface area (Å²) >= 11 is 0. The van der Waals surface area contributed by atoms with E-state index < -0.39 is 0 Å². The SMILES string of the molecule is C1=CCC=CCCC=CCCC=C1. The van der Waals surface area contributed by atoms with Gasteiger partial charge in [-0.1, -0.05) is 48.6 Å². The smallest absolute Gasteiger partial charge is 0.0166 e. The summed E-state index contributed by atoms with van der Waals surface area (Å²) in [7, 11) is 0. The zero-order valence-electron chi connectivity index (χ0n) is 8.15. The maximum absolute atomic E-state index is 2.28. The molecular formula is C13H18. The van der Waals surface area contributed by atoms with E-state index in [0.717, 1.165) is 12.8 Å². The fourth-order valence-electron chi connectivity index (χ4n) is 1.25. The minimum Gasteiger partial charge on any atom is -0.0882 e. The number of allylic oxidation sites excluding steroid dienone is 8. The average Bonchev–Trinajstić information content (AvgIpc) is 2.18. The van der Waals surface area contributed by atoms with Gasteiger partial charge in [-0.15, -0.1) is 0 Å². The molecule has 1 aliphatic rings. The summed E-state index contributed by atoms with van der Waals surface area (Å²) in [5.41, 5.74) is 0. The van der Waals surface area contributed by atoms with Gasteiger partial charge in [0.05, 0.1) is 0 Å². The van der Waals surface area contributed by atoms with Crippen LogP contribution in [0.15, 0.2) is 48.6 Å². The summed E-state index contributed by atoms with van der Waals surface area (Å²) in [6.45, 7) is 0. The summed E-state index contributed by atoms with van der Waals surface area (Å²) in [6, 6.07) is 0. The molecule has 0 spiro atoms. The molecule has 0 aromatic carbocycles. The van der Waals surface area contributed by atoms with Crippen molar-refractivity contribution in [2.45, 2.75) is 32.1 Å². The number of hydrogen-bond acceptors (Lipinski definition) is 0. The van der Waals surface area contributed by atoms with E-state index in [-0.39, 0.29) is 0 Å². The molecule has 0 unspecified atom stereocenters. The van der Waals surface area contributed by atoms with Gasteiger partial charge in [0.25, 0.3) is 0 Å². The maximum atomic E-state index is 2.28. The van der Waals surface area contributed by atoms with E-state index in [4.69, 9.17) is 0 Å². The Morgan fingerprint density at radius 1 is 0.462 bits per heavy atom. The van der Waals surface area contributed by atoms with Crippen molar-refractivity contribution in [3.63, 3.8) is 0 Å². The van der Waals surface area contributed by atoms with Gasteiger partial charge in [-0.3, -0.25) is 0 Å². The minimum absolute atomic E-state index is 1.06. The van der Waals surface area contributed by atoms with Crippen LogP contribution in [0.25, 0.3) is 0 Å². The predicted molar refractivity (Wildman–Crippen MR) is 59.6 cm³/mol. The maximum Gasteiger partial charge on any atom is -0.0166 e. The minimum atomic E-state index is 1.06. The molecule has 1 rings (SSSR count). The van der Waals surface area contributed by atoms with E-state index in [1.807, 2.05) is 0 Å². The summed E-state index contributed by atoms with van der Waals surface area (Å²) in [5.74, 6) is 0. The molecule has 0 atom stereocenters. The van der Waals surface area contributed by atoms with Gasteiger partial charge in [-0.25, -0.2) is 0 Å². The van der Waals surface area contributed by atoms with E-state index in [2.05, 4.69) is 48.6 Å². The molecule has 0 saturated carbocycles. The lowest BCUT2D eigenvalue weighted by atomic mass is 10.2. The first kappa shape index (κ1) is 10.0. The first-order chi connectivity index (χ1) is 6.50. The van der Waals surface area contributed by atoms with Crippen LogP contribution in [0.3, 0.4) is 0 Å². The first-order valence-corrected chi connectivity index (χ1v) is 5.12. The van der Waals surface area contributed by atoms with Crippen molar-refractivity contribution in [3.05, 3.63) is 48.6 Å². The quantitative estimate of drug-likeness (QED) is 0.483. The molecular weight excluding hydrogens is 156 g/mol. The van der Waals surface area contributed by atoms with Crippen molar-refractivity contribution in [3.8, 4) is 0 Å².